The van der Waals surface area contributed by atoms with Crippen molar-refractivity contribution in [3.63, 3.8) is 0 Å². The van der Waals surface area contributed by atoms with Gasteiger partial charge in [0.05, 0.1) is 48.1 Å². The van der Waals surface area contributed by atoms with Gasteiger partial charge in [0.1, 0.15) is 0 Å². The summed E-state index contributed by atoms with van der Waals surface area (Å²) >= 11 is 24.4. The molecule has 12 heteroatoms. The number of halogens is 4. The van der Waals surface area contributed by atoms with Gasteiger partial charge in [-0.15, -0.1) is 0 Å². The minimum Gasteiger partial charge on any atom is -0.504 e. The van der Waals surface area contributed by atoms with Gasteiger partial charge in [0.2, 0.25) is 5.91 Å². The molecule has 1 heterocycles. The van der Waals surface area contributed by atoms with Crippen molar-refractivity contribution in [2.75, 3.05) is 56.9 Å². The average molecular weight is 565 g/mol. The Balaban J connectivity index is 1.54. The molecule has 3 rings (SSSR count). The molecular formula is C23H27Cl4N4O4+. The Labute approximate surface area is 223 Å². The predicted molar refractivity (Wildman–Crippen MR) is 140 cm³/mol. The first-order chi connectivity index (χ1) is 16.3. The van der Waals surface area contributed by atoms with Gasteiger partial charge in [0.15, 0.2) is 18.0 Å². The Morgan fingerprint density at radius 2 is 1.31 bits per heavy atom. The molecule has 1 fully saturated rings. The molecule has 0 unspecified atom stereocenters. The quantitative estimate of drug-likeness (QED) is 0.302. The lowest BCUT2D eigenvalue weighted by Crippen LogP contribution is -2.60. The highest BCUT2D eigenvalue weighted by molar-refractivity contribution is 6.38. The Morgan fingerprint density at radius 1 is 0.886 bits per heavy atom. The van der Waals surface area contributed by atoms with Crippen molar-refractivity contribution in [1.82, 2.24) is 4.90 Å². The summed E-state index contributed by atoms with van der Waals surface area (Å²) in [5.74, 6) is -1.04. The van der Waals surface area contributed by atoms with E-state index in [1.54, 1.807) is 13.8 Å². The van der Waals surface area contributed by atoms with Gasteiger partial charge in [0.25, 0.3) is 5.91 Å². The molecule has 0 spiro atoms. The summed E-state index contributed by atoms with van der Waals surface area (Å²) in [5.41, 5.74) is 1.39. The number of carbonyl (C=O) groups is 2. The van der Waals surface area contributed by atoms with Crippen LogP contribution < -0.4 is 10.6 Å². The van der Waals surface area contributed by atoms with Crippen LogP contribution in [-0.2, 0) is 9.59 Å². The Hall–Kier alpha value is -1.94. The molecule has 2 amide bonds. The lowest BCUT2D eigenvalue weighted by Gasteiger charge is -2.41. The Bertz CT molecular complexity index is 1170. The van der Waals surface area contributed by atoms with Gasteiger partial charge >= 0.3 is 0 Å². The van der Waals surface area contributed by atoms with Crippen LogP contribution in [0, 0.1) is 13.8 Å². The smallest absolute Gasteiger partial charge is 0.279 e. The van der Waals surface area contributed by atoms with E-state index in [2.05, 4.69) is 10.6 Å². The zero-order chi connectivity index (χ0) is 26.1. The number of hydrogen-bond donors (Lipinski definition) is 4. The molecule has 0 radical (unpaired) electrons. The van der Waals surface area contributed by atoms with E-state index >= 15 is 0 Å². The van der Waals surface area contributed by atoms with Gasteiger partial charge in [-0.05, 0) is 37.1 Å². The number of piperazine rings is 1. The molecule has 4 N–H and O–H groups in total. The van der Waals surface area contributed by atoms with Crippen LogP contribution in [0.15, 0.2) is 12.1 Å². The monoisotopic (exact) mass is 563 g/mol. The molecule has 1 saturated heterocycles. The maximum Gasteiger partial charge on any atom is 0.279 e. The zero-order valence-electron chi connectivity index (χ0n) is 19.5. The van der Waals surface area contributed by atoms with E-state index in [1.807, 2.05) is 11.9 Å². The molecule has 1 aliphatic heterocycles. The number of carbonyl (C=O) groups excluding carboxylic acids is 2. The van der Waals surface area contributed by atoms with Crippen molar-refractivity contribution in [2.45, 2.75) is 13.8 Å². The van der Waals surface area contributed by atoms with Crippen LogP contribution in [0.3, 0.4) is 0 Å². The van der Waals surface area contributed by atoms with E-state index in [0.29, 0.717) is 51.8 Å². The Kier molecular flexibility index (Phi) is 8.68. The lowest BCUT2D eigenvalue weighted by molar-refractivity contribution is -0.905. The standard InChI is InChI=1S/C23H26Cl4N4O4/c1-12-14(24)8-16(22(34)20(12)26)28-18(32)10-30-4-6-31(3,7-5-30)11-19(33)29-17-9-15(25)13(2)21(27)23(17)35/h8-9H,4-7,10-11H2,1-3H3,(H3-,28,29,32,33,34,35)/p+1. The SMILES string of the molecule is Cc1c(Cl)cc(NC(=O)CN2CC[N+](C)(CC(=O)Nc3cc(Cl)c(C)c(Cl)c3O)CC2)c(O)c1Cl. The topological polar surface area (TPSA) is 102 Å². The fourth-order valence-electron chi connectivity index (χ4n) is 3.83. The number of nitrogens with one attached hydrogen (secondary N) is 2. The van der Waals surface area contributed by atoms with E-state index in [0.717, 1.165) is 0 Å². The first-order valence-electron chi connectivity index (χ1n) is 10.8. The van der Waals surface area contributed by atoms with Crippen molar-refractivity contribution in [3.8, 4) is 11.5 Å². The van der Waals surface area contributed by atoms with Crippen LogP contribution in [0.1, 0.15) is 11.1 Å². The van der Waals surface area contributed by atoms with E-state index in [4.69, 9.17) is 46.4 Å². The maximum atomic E-state index is 12.7. The fourth-order valence-corrected chi connectivity index (χ4v) is 4.74. The number of nitrogens with zero attached hydrogens (tertiary/aromatic N) is 2. The van der Waals surface area contributed by atoms with E-state index in [9.17, 15) is 19.8 Å². The number of anilines is 2. The molecule has 1 aliphatic rings. The number of amides is 2. The second kappa shape index (κ2) is 11.0. The minimum atomic E-state index is -0.311. The van der Waals surface area contributed by atoms with Crippen molar-refractivity contribution in [3.05, 3.63) is 43.4 Å². The highest BCUT2D eigenvalue weighted by Gasteiger charge is 2.32. The summed E-state index contributed by atoms with van der Waals surface area (Å²) in [6, 6.07) is 2.93. The van der Waals surface area contributed by atoms with E-state index in [1.165, 1.54) is 12.1 Å². The van der Waals surface area contributed by atoms with Crippen LogP contribution in [0.25, 0.3) is 0 Å². The number of benzene rings is 2. The van der Waals surface area contributed by atoms with E-state index in [-0.39, 0.29) is 57.8 Å². The van der Waals surface area contributed by atoms with Gasteiger partial charge in [-0.25, -0.2) is 0 Å². The number of hydrogen-bond acceptors (Lipinski definition) is 5. The first-order valence-corrected chi connectivity index (χ1v) is 12.3. The molecule has 35 heavy (non-hydrogen) atoms. The summed E-state index contributed by atoms with van der Waals surface area (Å²) in [4.78, 5) is 27.2. The summed E-state index contributed by atoms with van der Waals surface area (Å²) in [7, 11) is 1.96. The first kappa shape index (κ1) is 27.6. The molecular weight excluding hydrogens is 538 g/mol. The third-order valence-electron chi connectivity index (χ3n) is 6.20. The molecule has 0 aliphatic carbocycles. The number of phenolic OH excluding ortho intramolecular Hbond substituents is 2. The second-order valence-electron chi connectivity index (χ2n) is 8.98. The van der Waals surface area contributed by atoms with E-state index < -0.39 is 0 Å². The molecule has 0 aromatic heterocycles. The molecule has 8 nitrogen and oxygen atoms in total. The maximum absolute atomic E-state index is 12.7. The average Bonchev–Trinajstić information content (AvgIpc) is 2.79. The molecule has 2 aromatic carbocycles. The highest BCUT2D eigenvalue weighted by Crippen LogP contribution is 2.39. The van der Waals surface area contributed by atoms with Gasteiger partial charge < -0.3 is 25.3 Å². The summed E-state index contributed by atoms with van der Waals surface area (Å²) in [6.07, 6.45) is 0. The van der Waals surface area contributed by atoms with Crippen LogP contribution in [0.4, 0.5) is 11.4 Å². The highest BCUT2D eigenvalue weighted by atomic mass is 35.5. The van der Waals surface area contributed by atoms with Crippen molar-refractivity contribution < 1.29 is 24.3 Å². The zero-order valence-corrected chi connectivity index (χ0v) is 22.5. The number of aromatic hydroxyl groups is 2. The van der Waals surface area contributed by atoms with Crippen molar-refractivity contribution >= 4 is 69.6 Å². The second-order valence-corrected chi connectivity index (χ2v) is 10.6. The largest absolute Gasteiger partial charge is 0.504 e. The minimum absolute atomic E-state index is 0.0978. The van der Waals surface area contributed by atoms with Crippen LogP contribution >= 0.6 is 46.4 Å². The fraction of sp³-hybridized carbons (Fsp3) is 0.391. The lowest BCUT2D eigenvalue weighted by atomic mass is 10.2. The predicted octanol–water partition coefficient (Wildman–Crippen LogP) is 4.67. The normalized spacial score (nSPS) is 15.6. The number of likely N-dealkylation sites (N-methyl/N-ethyl adjacent to an activating group) is 1. The number of rotatable bonds is 6. The van der Waals surface area contributed by atoms with Gasteiger partial charge in [0, 0.05) is 23.1 Å². The summed E-state index contributed by atoms with van der Waals surface area (Å²) in [6.45, 7) is 6.09. The molecule has 0 saturated carbocycles. The van der Waals surface area contributed by atoms with Gasteiger partial charge in [-0.3, -0.25) is 14.5 Å². The van der Waals surface area contributed by atoms with Crippen LogP contribution in [0.2, 0.25) is 20.1 Å². The van der Waals surface area contributed by atoms with Crippen LogP contribution in [0.5, 0.6) is 11.5 Å². The Morgan fingerprint density at radius 3 is 1.77 bits per heavy atom. The molecule has 190 valence electrons. The third kappa shape index (κ3) is 6.44. The van der Waals surface area contributed by atoms with Gasteiger partial charge in [-0.2, -0.15) is 0 Å². The number of quaternary nitrogens is 1. The number of phenols is 2. The molecule has 0 atom stereocenters. The van der Waals surface area contributed by atoms with Crippen LogP contribution in [-0.4, -0.2) is 77.7 Å². The van der Waals surface area contributed by atoms with Crippen molar-refractivity contribution in [2.24, 2.45) is 0 Å². The molecule has 2 aromatic rings. The summed E-state index contributed by atoms with van der Waals surface area (Å²) < 4.78 is 0.460. The van der Waals surface area contributed by atoms with Gasteiger partial charge in [-0.1, -0.05) is 46.4 Å². The third-order valence-corrected chi connectivity index (χ3v) is 7.91. The van der Waals surface area contributed by atoms with Crippen molar-refractivity contribution in [1.29, 1.82) is 0 Å². The molecule has 0 bridgehead atoms. The summed E-state index contributed by atoms with van der Waals surface area (Å²) in [5, 5.41) is 26.6.